The molecule has 4 aromatic rings. The fourth-order valence-electron chi connectivity index (χ4n) is 4.32. The number of benzene rings is 4. The maximum absolute atomic E-state index is 11.6. The number of rotatable bonds is 3. The zero-order chi connectivity index (χ0) is 24.6. The van der Waals surface area contributed by atoms with Crippen molar-refractivity contribution in [1.82, 2.24) is 0 Å². The van der Waals surface area contributed by atoms with Crippen molar-refractivity contribution >= 4 is 65.1 Å². The summed E-state index contributed by atoms with van der Waals surface area (Å²) in [7, 11) is 6.23. The number of aromatic hydroxyl groups is 2. The second-order valence-electron chi connectivity index (χ2n) is 10.3. The van der Waals surface area contributed by atoms with Crippen molar-refractivity contribution in [1.29, 1.82) is 0 Å². The molecule has 0 aromatic heterocycles. The van der Waals surface area contributed by atoms with Crippen LogP contribution in [-0.2, 0) is 20.8 Å². The second kappa shape index (κ2) is 10.3. The minimum atomic E-state index is -1.82. The Hall–Kier alpha value is -1.10. The molecule has 0 heterocycles. The molecule has 2 N–H and O–H groups in total. The third-order valence-electron chi connectivity index (χ3n) is 5.91. The van der Waals surface area contributed by atoms with Crippen molar-refractivity contribution in [3.63, 3.8) is 0 Å². The summed E-state index contributed by atoms with van der Waals surface area (Å²) in [6.45, 7) is 13.5. The van der Waals surface area contributed by atoms with Crippen LogP contribution >= 0.6 is 17.0 Å². The van der Waals surface area contributed by atoms with E-state index in [2.05, 4.69) is 63.5 Å². The molecule has 0 radical (unpaired) electrons. The average molecular weight is 593 g/mol. The predicted octanol–water partition coefficient (Wildman–Crippen LogP) is 7.54. The number of phenolic OH excluding ortho intramolecular Hbond substituents is 2. The van der Waals surface area contributed by atoms with E-state index in [0.29, 0.717) is 11.5 Å². The predicted molar refractivity (Wildman–Crippen MR) is 148 cm³/mol. The standard InChI is InChI=1S/C26H30O2Si2.2ClH.Zr/c1-29(2,3)21-15-17-11-7-9-13-19(17)23(25(21)27)24-20-14-10-8-12-18(20)16-22(26(24)28)30(4,5)6;;;/h7-16,27-28H,1-6H3;2*1H;/q;;;+2/p-2. The Morgan fingerprint density at radius 3 is 1.21 bits per heavy atom. The molecule has 4 aromatic carbocycles. The molecule has 0 saturated heterocycles. The van der Waals surface area contributed by atoms with Gasteiger partial charge in [-0.2, -0.15) is 0 Å². The van der Waals surface area contributed by atoms with Gasteiger partial charge in [-0.15, -0.1) is 0 Å². The Balaban J connectivity index is 0.000000968. The van der Waals surface area contributed by atoms with Crippen molar-refractivity contribution in [3.05, 3.63) is 60.7 Å². The molecule has 0 aliphatic rings. The summed E-state index contributed by atoms with van der Waals surface area (Å²) >= 11 is -0.826. The number of fused-ring (bicyclic) bond motifs is 2. The second-order valence-corrected chi connectivity index (χ2v) is 24.1. The molecule has 0 spiro atoms. The molecule has 0 amide bonds. The van der Waals surface area contributed by atoms with Gasteiger partial charge in [0.25, 0.3) is 0 Å². The molecule has 33 heavy (non-hydrogen) atoms. The van der Waals surface area contributed by atoms with E-state index in [1.165, 1.54) is 0 Å². The van der Waals surface area contributed by atoms with Crippen LogP contribution in [0.4, 0.5) is 0 Å². The number of halogens is 2. The summed E-state index contributed by atoms with van der Waals surface area (Å²) in [5, 5.41) is 29.4. The first kappa shape index (κ1) is 26.5. The van der Waals surface area contributed by atoms with Gasteiger partial charge in [0.05, 0.1) is 16.1 Å². The molecular formula is C26H30Cl2O2Si2Zr. The summed E-state index contributed by atoms with van der Waals surface area (Å²) in [5.74, 6) is 0.641. The van der Waals surface area contributed by atoms with Crippen LogP contribution in [0.3, 0.4) is 0 Å². The molecule has 4 rings (SSSR count). The van der Waals surface area contributed by atoms with Gasteiger partial charge in [-0.3, -0.25) is 0 Å². The fourth-order valence-corrected chi connectivity index (χ4v) is 7.17. The van der Waals surface area contributed by atoms with E-state index >= 15 is 0 Å². The molecule has 0 unspecified atom stereocenters. The molecule has 0 fully saturated rings. The first-order chi connectivity index (χ1) is 15.4. The summed E-state index contributed by atoms with van der Waals surface area (Å²) in [4.78, 5) is 0. The Morgan fingerprint density at radius 2 is 0.909 bits per heavy atom. The Bertz CT molecular complexity index is 1210. The van der Waals surface area contributed by atoms with Crippen molar-refractivity contribution in [2.45, 2.75) is 39.3 Å². The van der Waals surface area contributed by atoms with Gasteiger partial charge < -0.3 is 10.2 Å². The molecular weight excluding hydrogens is 563 g/mol. The van der Waals surface area contributed by atoms with E-state index < -0.39 is 37.0 Å². The molecule has 0 aliphatic heterocycles. The van der Waals surface area contributed by atoms with Crippen molar-refractivity contribution in [3.8, 4) is 22.6 Å². The van der Waals surface area contributed by atoms with Crippen molar-refractivity contribution < 1.29 is 31.1 Å². The molecule has 0 saturated carbocycles. The normalized spacial score (nSPS) is 11.9. The van der Waals surface area contributed by atoms with Crippen LogP contribution in [0.25, 0.3) is 32.7 Å². The van der Waals surface area contributed by atoms with E-state index in [0.717, 1.165) is 43.0 Å². The average Bonchev–Trinajstić information content (AvgIpc) is 2.73. The van der Waals surface area contributed by atoms with Gasteiger partial charge in [0.15, 0.2) is 0 Å². The number of hydrogen-bond donors (Lipinski definition) is 2. The molecule has 2 nitrogen and oxygen atoms in total. The van der Waals surface area contributed by atoms with E-state index in [9.17, 15) is 10.2 Å². The number of phenols is 2. The zero-order valence-corrected chi connectivity index (χ0v) is 25.9. The quantitative estimate of drug-likeness (QED) is 0.241. The summed E-state index contributed by atoms with van der Waals surface area (Å²) in [6, 6.07) is 20.7. The maximum atomic E-state index is 11.6. The molecule has 172 valence electrons. The van der Waals surface area contributed by atoms with Crippen LogP contribution in [-0.4, -0.2) is 26.4 Å². The fraction of sp³-hybridized carbons (Fsp3) is 0.231. The Kier molecular flexibility index (Phi) is 8.23. The van der Waals surface area contributed by atoms with E-state index in [1.807, 2.05) is 36.4 Å². The van der Waals surface area contributed by atoms with Gasteiger partial charge in [0.2, 0.25) is 0 Å². The van der Waals surface area contributed by atoms with Crippen molar-refractivity contribution in [2.24, 2.45) is 0 Å². The van der Waals surface area contributed by atoms with Gasteiger partial charge in [0, 0.05) is 11.1 Å². The first-order valence-corrected chi connectivity index (χ1v) is 24.2. The summed E-state index contributed by atoms with van der Waals surface area (Å²) in [5.41, 5.74) is 1.53. The van der Waals surface area contributed by atoms with Crippen LogP contribution in [0.5, 0.6) is 11.5 Å². The van der Waals surface area contributed by atoms with Gasteiger partial charge >= 0.3 is 37.9 Å². The summed E-state index contributed by atoms with van der Waals surface area (Å²) in [6.07, 6.45) is 0. The Labute approximate surface area is 217 Å². The minimum absolute atomic E-state index is 0.320. The van der Waals surface area contributed by atoms with Crippen LogP contribution in [0.1, 0.15) is 0 Å². The Morgan fingerprint density at radius 1 is 0.606 bits per heavy atom. The summed E-state index contributed by atoms with van der Waals surface area (Å²) < 4.78 is 0. The van der Waals surface area contributed by atoms with Gasteiger partial charge in [-0.1, -0.05) is 99.9 Å². The van der Waals surface area contributed by atoms with Crippen LogP contribution in [0.2, 0.25) is 39.3 Å². The van der Waals surface area contributed by atoms with Crippen LogP contribution < -0.4 is 10.4 Å². The molecule has 0 atom stereocenters. The van der Waals surface area contributed by atoms with E-state index in [4.69, 9.17) is 17.0 Å². The molecule has 0 aliphatic carbocycles. The zero-order valence-electron chi connectivity index (χ0n) is 19.9. The van der Waals surface area contributed by atoms with E-state index in [1.54, 1.807) is 0 Å². The van der Waals surface area contributed by atoms with Crippen LogP contribution in [0, 0.1) is 0 Å². The SMILES string of the molecule is C[Si](C)(C)c1cc2ccccc2c(-c2c(O)c([Si](C)(C)C)cc3ccccc23)c1O.[Cl][Zr][Cl]. The van der Waals surface area contributed by atoms with E-state index in [-0.39, 0.29) is 0 Å². The van der Waals surface area contributed by atoms with Gasteiger partial charge in [-0.25, -0.2) is 0 Å². The molecule has 0 bridgehead atoms. The third-order valence-corrected chi connectivity index (χ3v) is 9.90. The first-order valence-electron chi connectivity index (χ1n) is 10.9. The van der Waals surface area contributed by atoms with Gasteiger partial charge in [0.1, 0.15) is 11.5 Å². The van der Waals surface area contributed by atoms with Crippen LogP contribution in [0.15, 0.2) is 60.7 Å². The topological polar surface area (TPSA) is 40.5 Å². The third kappa shape index (κ3) is 5.44. The monoisotopic (exact) mass is 590 g/mol. The molecule has 7 heteroatoms. The number of hydrogen-bond acceptors (Lipinski definition) is 2. The van der Waals surface area contributed by atoms with Crippen molar-refractivity contribution in [2.75, 3.05) is 0 Å². The van der Waals surface area contributed by atoms with Gasteiger partial charge in [-0.05, 0) is 31.9 Å².